The molecule has 0 fully saturated rings. The normalized spacial score (nSPS) is 11.9. The summed E-state index contributed by atoms with van der Waals surface area (Å²) in [5.74, 6) is 4.63. The molecule has 0 heterocycles. The number of carbonyl (C=O) groups excluding carboxylic acids is 3. The van der Waals surface area contributed by atoms with Gasteiger partial charge in [0.05, 0.1) is 6.54 Å². The van der Waals surface area contributed by atoms with Crippen LogP contribution in [0.4, 0.5) is 5.69 Å². The summed E-state index contributed by atoms with van der Waals surface area (Å²) in [5.41, 5.74) is 10.5. The molecule has 0 spiro atoms. The number of amides is 3. The van der Waals surface area contributed by atoms with E-state index in [4.69, 9.17) is 10.9 Å². The van der Waals surface area contributed by atoms with Gasteiger partial charge in [-0.1, -0.05) is 42.2 Å². The predicted molar refractivity (Wildman–Crippen MR) is 141 cm³/mol. The third-order valence-corrected chi connectivity index (χ3v) is 5.50. The van der Waals surface area contributed by atoms with Crippen molar-refractivity contribution in [3.05, 3.63) is 101 Å². The van der Waals surface area contributed by atoms with Crippen molar-refractivity contribution in [3.63, 3.8) is 0 Å². The van der Waals surface area contributed by atoms with Crippen molar-refractivity contribution in [2.45, 2.75) is 19.0 Å². The molecule has 0 aliphatic rings. The lowest BCUT2D eigenvalue weighted by molar-refractivity contribution is -0.130. The lowest BCUT2D eigenvalue weighted by atomic mass is 10.1. The second kappa shape index (κ2) is 13.6. The van der Waals surface area contributed by atoms with Gasteiger partial charge in [-0.2, -0.15) is 0 Å². The van der Waals surface area contributed by atoms with Crippen LogP contribution in [0.3, 0.4) is 0 Å². The first-order chi connectivity index (χ1) is 17.9. The van der Waals surface area contributed by atoms with Gasteiger partial charge in [0.15, 0.2) is 0 Å². The average molecular weight is 500 g/mol. The van der Waals surface area contributed by atoms with Gasteiger partial charge in [-0.15, -0.1) is 0 Å². The molecule has 3 rings (SSSR count). The van der Waals surface area contributed by atoms with Gasteiger partial charge in [-0.05, 0) is 61.0 Å². The lowest BCUT2D eigenvalue weighted by Crippen LogP contribution is -2.50. The fraction of sp³-hybridized carbons (Fsp3) is 0.179. The maximum absolute atomic E-state index is 12.3. The molecule has 0 aromatic heterocycles. The van der Waals surface area contributed by atoms with Gasteiger partial charge in [0, 0.05) is 35.0 Å². The average Bonchev–Trinajstić information content (AvgIpc) is 2.94. The molecule has 3 aromatic carbocycles. The smallest absolute Gasteiger partial charge is 0.267 e. The molecule has 9 heteroatoms. The van der Waals surface area contributed by atoms with Gasteiger partial charge in [-0.3, -0.25) is 19.6 Å². The Morgan fingerprint density at radius 1 is 0.892 bits per heavy atom. The van der Waals surface area contributed by atoms with E-state index in [-0.39, 0.29) is 25.0 Å². The summed E-state index contributed by atoms with van der Waals surface area (Å²) in [6, 6.07) is 22.6. The number of hydrogen-bond acceptors (Lipinski definition) is 6. The summed E-state index contributed by atoms with van der Waals surface area (Å²) in [5, 5.41) is 17.2. The highest BCUT2D eigenvalue weighted by Crippen LogP contribution is 2.12. The monoisotopic (exact) mass is 499 g/mol. The van der Waals surface area contributed by atoms with Crippen molar-refractivity contribution in [2.75, 3.05) is 18.4 Å². The Hall–Kier alpha value is -4.49. The van der Waals surface area contributed by atoms with Gasteiger partial charge in [0.2, 0.25) is 5.91 Å². The molecular weight excluding hydrogens is 470 g/mol. The van der Waals surface area contributed by atoms with Crippen LogP contribution >= 0.6 is 0 Å². The lowest BCUT2D eigenvalue weighted by Gasteiger charge is -2.14. The van der Waals surface area contributed by atoms with Crippen LogP contribution in [0, 0.1) is 11.8 Å². The van der Waals surface area contributed by atoms with E-state index >= 15 is 0 Å². The maximum atomic E-state index is 12.3. The summed E-state index contributed by atoms with van der Waals surface area (Å²) in [4.78, 5) is 36.0. The van der Waals surface area contributed by atoms with Crippen molar-refractivity contribution < 1.29 is 19.6 Å². The fourth-order valence-corrected chi connectivity index (χ4v) is 3.35. The van der Waals surface area contributed by atoms with Gasteiger partial charge in [0.1, 0.15) is 6.04 Å². The first-order valence-corrected chi connectivity index (χ1v) is 11.6. The molecule has 0 aliphatic heterocycles. The van der Waals surface area contributed by atoms with E-state index < -0.39 is 17.9 Å². The summed E-state index contributed by atoms with van der Waals surface area (Å²) in [6.45, 7) is 2.04. The largest absolute Gasteiger partial charge is 0.339 e. The van der Waals surface area contributed by atoms with E-state index in [1.54, 1.807) is 36.4 Å². The minimum Gasteiger partial charge on any atom is -0.339 e. The molecular formula is C28H29N5O4. The van der Waals surface area contributed by atoms with Crippen molar-refractivity contribution in [1.29, 1.82) is 0 Å². The van der Waals surface area contributed by atoms with Crippen LogP contribution < -0.4 is 27.2 Å². The van der Waals surface area contributed by atoms with E-state index in [1.165, 1.54) is 5.48 Å². The Morgan fingerprint density at radius 3 is 2.05 bits per heavy atom. The zero-order valence-electron chi connectivity index (χ0n) is 20.3. The van der Waals surface area contributed by atoms with Crippen molar-refractivity contribution in [2.24, 2.45) is 5.73 Å². The van der Waals surface area contributed by atoms with Crippen molar-refractivity contribution >= 4 is 23.4 Å². The minimum absolute atomic E-state index is 0.0590. The highest BCUT2D eigenvalue weighted by atomic mass is 16.5. The molecule has 9 nitrogen and oxygen atoms in total. The van der Waals surface area contributed by atoms with Crippen LogP contribution in [0.15, 0.2) is 78.9 Å². The number of hydrogen-bond donors (Lipinski definition) is 6. The van der Waals surface area contributed by atoms with Crippen LogP contribution in [-0.4, -0.2) is 42.1 Å². The van der Waals surface area contributed by atoms with E-state index in [9.17, 15) is 14.4 Å². The summed E-state index contributed by atoms with van der Waals surface area (Å²) < 4.78 is 0. The number of nitrogens with two attached hydrogens (primary N) is 1. The molecule has 0 bridgehead atoms. The van der Waals surface area contributed by atoms with E-state index in [1.807, 2.05) is 49.4 Å². The molecule has 2 atom stereocenters. The van der Waals surface area contributed by atoms with Crippen molar-refractivity contribution in [1.82, 2.24) is 16.1 Å². The van der Waals surface area contributed by atoms with Gasteiger partial charge in [-0.25, -0.2) is 5.48 Å². The highest BCUT2D eigenvalue weighted by Gasteiger charge is 2.19. The molecule has 190 valence electrons. The highest BCUT2D eigenvalue weighted by molar-refractivity contribution is 5.97. The Bertz CT molecular complexity index is 1270. The Balaban J connectivity index is 1.51. The molecule has 0 unspecified atom stereocenters. The second-order valence-electron chi connectivity index (χ2n) is 8.20. The topological polar surface area (TPSA) is 146 Å². The molecule has 0 saturated carbocycles. The van der Waals surface area contributed by atoms with Crippen LogP contribution in [0.25, 0.3) is 0 Å². The zero-order chi connectivity index (χ0) is 26.6. The summed E-state index contributed by atoms with van der Waals surface area (Å²) in [7, 11) is 0. The first-order valence-electron chi connectivity index (χ1n) is 11.6. The van der Waals surface area contributed by atoms with Gasteiger partial charge in [0.25, 0.3) is 11.8 Å². The van der Waals surface area contributed by atoms with Gasteiger partial charge >= 0.3 is 0 Å². The zero-order valence-corrected chi connectivity index (χ0v) is 20.3. The van der Waals surface area contributed by atoms with Crippen LogP contribution in [0.2, 0.25) is 0 Å². The molecule has 7 N–H and O–H groups in total. The minimum atomic E-state index is -1.04. The third-order valence-electron chi connectivity index (χ3n) is 5.50. The van der Waals surface area contributed by atoms with E-state index in [0.717, 1.165) is 11.1 Å². The number of hydroxylamine groups is 1. The van der Waals surface area contributed by atoms with Crippen molar-refractivity contribution in [3.8, 4) is 11.8 Å². The predicted octanol–water partition coefficient (Wildman–Crippen LogP) is 1.94. The van der Waals surface area contributed by atoms with Gasteiger partial charge < -0.3 is 21.7 Å². The quantitative estimate of drug-likeness (QED) is 0.151. The SMILES string of the molecule is C[C@H](NCC(=O)Nc1ccc(C#Cc2ccc(C(=O)N[C@@H](CN)C(=O)NO)cc2)cc1)c1ccccc1. The second-order valence-corrected chi connectivity index (χ2v) is 8.20. The first kappa shape index (κ1) is 27.1. The van der Waals surface area contributed by atoms with Crippen LogP contribution in [0.1, 0.15) is 40.0 Å². The van der Waals surface area contributed by atoms with Crippen LogP contribution in [0.5, 0.6) is 0 Å². The number of benzene rings is 3. The molecule has 3 aromatic rings. The number of anilines is 1. The van der Waals surface area contributed by atoms with E-state index in [0.29, 0.717) is 16.8 Å². The molecule has 0 saturated heterocycles. The number of carbonyl (C=O) groups is 3. The standard InChI is InChI=1S/C28H29N5O4/c1-19(22-5-3-2-4-6-22)30-18-26(34)31-24-15-11-21(12-16-24)8-7-20-9-13-23(14-10-20)27(35)32-25(17-29)28(36)33-37/h2-6,9-16,19,25,30,37H,17-18,29H2,1H3,(H,31,34)(H,32,35)(H,33,36)/t19-,25-/m0/s1. The third kappa shape index (κ3) is 8.30. The van der Waals surface area contributed by atoms with E-state index in [2.05, 4.69) is 27.8 Å². The maximum Gasteiger partial charge on any atom is 0.267 e. The Morgan fingerprint density at radius 2 is 1.49 bits per heavy atom. The fourth-order valence-electron chi connectivity index (χ4n) is 3.35. The molecule has 3 amide bonds. The number of rotatable bonds is 9. The van der Waals surface area contributed by atoms with Crippen LogP contribution in [-0.2, 0) is 9.59 Å². The molecule has 0 radical (unpaired) electrons. The molecule has 0 aliphatic carbocycles. The summed E-state index contributed by atoms with van der Waals surface area (Å²) >= 11 is 0. The molecule has 37 heavy (non-hydrogen) atoms. The Labute approximate surface area is 215 Å². The summed E-state index contributed by atoms with van der Waals surface area (Å²) in [6.07, 6.45) is 0. The number of nitrogens with one attached hydrogen (secondary N) is 4. The Kier molecular flexibility index (Phi) is 9.93.